The lowest BCUT2D eigenvalue weighted by Gasteiger charge is -2.13. The van der Waals surface area contributed by atoms with Gasteiger partial charge in [0.05, 0.1) is 17.2 Å². The van der Waals surface area contributed by atoms with E-state index in [1.54, 1.807) is 42.5 Å². The van der Waals surface area contributed by atoms with Gasteiger partial charge in [-0.05, 0) is 30.5 Å². The number of nitriles is 1. The Labute approximate surface area is 152 Å². The molecule has 0 radical (unpaired) electrons. The molecule has 1 aliphatic rings. The van der Waals surface area contributed by atoms with Crippen molar-refractivity contribution in [1.29, 1.82) is 5.26 Å². The summed E-state index contributed by atoms with van der Waals surface area (Å²) in [7, 11) is 0. The third-order valence-electron chi connectivity index (χ3n) is 4.54. The smallest absolute Gasteiger partial charge is 0.339 e. The number of esters is 1. The molecule has 0 aliphatic heterocycles. The summed E-state index contributed by atoms with van der Waals surface area (Å²) in [6.07, 6.45) is 4.20. The summed E-state index contributed by atoms with van der Waals surface area (Å²) in [6.45, 7) is -0.302. The lowest BCUT2D eigenvalue weighted by atomic mass is 9.96. The van der Waals surface area contributed by atoms with Crippen molar-refractivity contribution in [1.82, 2.24) is 5.32 Å². The zero-order chi connectivity index (χ0) is 18.4. The van der Waals surface area contributed by atoms with Crippen LogP contribution in [0.3, 0.4) is 0 Å². The van der Waals surface area contributed by atoms with Crippen LogP contribution >= 0.6 is 0 Å². The first-order valence-electron chi connectivity index (χ1n) is 8.74. The third kappa shape index (κ3) is 4.09. The summed E-state index contributed by atoms with van der Waals surface area (Å²) in [5.41, 5.74) is 2.10. The molecular weight excluding hydrogens is 328 g/mol. The molecule has 0 heterocycles. The number of hydrogen-bond acceptors (Lipinski definition) is 4. The van der Waals surface area contributed by atoms with Crippen LogP contribution in [0.1, 0.15) is 41.6 Å². The Morgan fingerprint density at radius 3 is 2.42 bits per heavy atom. The Hall–Kier alpha value is -3.13. The summed E-state index contributed by atoms with van der Waals surface area (Å²) >= 11 is 0. The Bertz CT molecular complexity index is 848. The average Bonchev–Trinajstić information content (AvgIpc) is 3.19. The maximum Gasteiger partial charge on any atom is 0.339 e. The minimum atomic E-state index is -0.574. The highest BCUT2D eigenvalue weighted by atomic mass is 16.5. The SMILES string of the molecule is N#Cc1ccccc1-c1ccccc1C(=O)OCC(=O)NC1CCCC1. The van der Waals surface area contributed by atoms with Gasteiger partial charge >= 0.3 is 5.97 Å². The van der Waals surface area contributed by atoms with E-state index in [4.69, 9.17) is 4.74 Å². The van der Waals surface area contributed by atoms with Gasteiger partial charge in [0, 0.05) is 11.6 Å². The van der Waals surface area contributed by atoms with E-state index < -0.39 is 5.97 Å². The summed E-state index contributed by atoms with van der Waals surface area (Å²) in [4.78, 5) is 24.5. The van der Waals surface area contributed by atoms with E-state index in [0.29, 0.717) is 22.3 Å². The van der Waals surface area contributed by atoms with Crippen LogP contribution in [0.2, 0.25) is 0 Å². The quantitative estimate of drug-likeness (QED) is 0.840. The van der Waals surface area contributed by atoms with Gasteiger partial charge in [-0.25, -0.2) is 4.79 Å². The predicted octanol–water partition coefficient (Wildman–Crippen LogP) is 3.44. The zero-order valence-corrected chi connectivity index (χ0v) is 14.4. The summed E-state index contributed by atoms with van der Waals surface area (Å²) in [5, 5.41) is 12.2. The molecule has 0 aromatic heterocycles. The molecule has 26 heavy (non-hydrogen) atoms. The monoisotopic (exact) mass is 348 g/mol. The molecule has 5 nitrogen and oxygen atoms in total. The van der Waals surface area contributed by atoms with Crippen molar-refractivity contribution in [2.45, 2.75) is 31.7 Å². The Kier molecular flexibility index (Phi) is 5.65. The molecule has 1 fully saturated rings. The summed E-state index contributed by atoms with van der Waals surface area (Å²) in [6, 6.07) is 16.3. The lowest BCUT2D eigenvalue weighted by Crippen LogP contribution is -2.35. The number of carbonyl (C=O) groups is 2. The van der Waals surface area contributed by atoms with Gasteiger partial charge in [0.1, 0.15) is 0 Å². The first-order valence-corrected chi connectivity index (χ1v) is 8.74. The van der Waals surface area contributed by atoms with Crippen LogP contribution in [-0.2, 0) is 9.53 Å². The molecule has 1 amide bonds. The number of rotatable bonds is 5. The van der Waals surface area contributed by atoms with Gasteiger partial charge in [-0.15, -0.1) is 0 Å². The van der Waals surface area contributed by atoms with Gasteiger partial charge in [-0.2, -0.15) is 5.26 Å². The van der Waals surface area contributed by atoms with E-state index in [9.17, 15) is 14.9 Å². The van der Waals surface area contributed by atoms with Crippen LogP contribution in [0, 0.1) is 11.3 Å². The third-order valence-corrected chi connectivity index (χ3v) is 4.54. The molecule has 0 atom stereocenters. The fourth-order valence-corrected chi connectivity index (χ4v) is 3.26. The molecule has 0 spiro atoms. The van der Waals surface area contributed by atoms with Gasteiger partial charge in [0.2, 0.25) is 0 Å². The van der Waals surface area contributed by atoms with Crippen LogP contribution in [0.4, 0.5) is 0 Å². The minimum absolute atomic E-state index is 0.191. The van der Waals surface area contributed by atoms with Crippen molar-refractivity contribution in [3.63, 3.8) is 0 Å². The number of carbonyl (C=O) groups excluding carboxylic acids is 2. The number of amides is 1. The van der Waals surface area contributed by atoms with Gasteiger partial charge in [-0.3, -0.25) is 4.79 Å². The Morgan fingerprint density at radius 1 is 1.04 bits per heavy atom. The fraction of sp³-hybridized carbons (Fsp3) is 0.286. The van der Waals surface area contributed by atoms with E-state index in [1.165, 1.54) is 0 Å². The molecular formula is C21H20N2O3. The largest absolute Gasteiger partial charge is 0.452 e. The van der Waals surface area contributed by atoms with Crippen molar-refractivity contribution < 1.29 is 14.3 Å². The molecule has 0 saturated heterocycles. The normalized spacial score (nSPS) is 13.8. The Balaban J connectivity index is 1.72. The number of benzene rings is 2. The second-order valence-corrected chi connectivity index (χ2v) is 6.33. The molecule has 132 valence electrons. The standard InChI is InChI=1S/C21H20N2O3/c22-13-15-7-1-4-10-17(15)18-11-5-6-12-19(18)21(25)26-14-20(24)23-16-8-2-3-9-16/h1,4-7,10-12,16H,2-3,8-9,14H2,(H,23,24). The minimum Gasteiger partial charge on any atom is -0.452 e. The van der Waals surface area contributed by atoms with Gasteiger partial charge in [0.25, 0.3) is 5.91 Å². The van der Waals surface area contributed by atoms with E-state index in [-0.39, 0.29) is 18.6 Å². The molecule has 1 saturated carbocycles. The van der Waals surface area contributed by atoms with Crippen molar-refractivity contribution >= 4 is 11.9 Å². The number of nitrogens with zero attached hydrogens (tertiary/aromatic N) is 1. The number of nitrogens with one attached hydrogen (secondary N) is 1. The second-order valence-electron chi connectivity index (χ2n) is 6.33. The first-order chi connectivity index (χ1) is 12.7. The zero-order valence-electron chi connectivity index (χ0n) is 14.4. The highest BCUT2D eigenvalue weighted by molar-refractivity contribution is 5.98. The van der Waals surface area contributed by atoms with E-state index in [0.717, 1.165) is 25.7 Å². The van der Waals surface area contributed by atoms with E-state index in [2.05, 4.69) is 11.4 Å². The molecule has 1 N–H and O–H groups in total. The van der Waals surface area contributed by atoms with Crippen molar-refractivity contribution in [2.24, 2.45) is 0 Å². The number of hydrogen-bond donors (Lipinski definition) is 1. The second kappa shape index (κ2) is 8.30. The predicted molar refractivity (Wildman–Crippen MR) is 97.3 cm³/mol. The average molecular weight is 348 g/mol. The van der Waals surface area contributed by atoms with Crippen LogP contribution in [-0.4, -0.2) is 24.5 Å². The van der Waals surface area contributed by atoms with E-state index >= 15 is 0 Å². The van der Waals surface area contributed by atoms with Crippen LogP contribution in [0.5, 0.6) is 0 Å². The highest BCUT2D eigenvalue weighted by Gasteiger charge is 2.20. The van der Waals surface area contributed by atoms with Gasteiger partial charge < -0.3 is 10.1 Å². The van der Waals surface area contributed by atoms with Gasteiger partial charge in [-0.1, -0.05) is 49.2 Å². The maximum absolute atomic E-state index is 12.5. The lowest BCUT2D eigenvalue weighted by molar-refractivity contribution is -0.124. The molecule has 1 aliphatic carbocycles. The molecule has 2 aromatic carbocycles. The summed E-state index contributed by atoms with van der Waals surface area (Å²) < 4.78 is 5.20. The van der Waals surface area contributed by atoms with Crippen LogP contribution < -0.4 is 5.32 Å². The van der Waals surface area contributed by atoms with Crippen molar-refractivity contribution in [3.8, 4) is 17.2 Å². The Morgan fingerprint density at radius 2 is 1.69 bits per heavy atom. The first kappa shape index (κ1) is 17.7. The van der Waals surface area contributed by atoms with E-state index in [1.807, 2.05) is 6.07 Å². The molecule has 2 aromatic rings. The fourth-order valence-electron chi connectivity index (χ4n) is 3.26. The molecule has 0 bridgehead atoms. The van der Waals surface area contributed by atoms with Gasteiger partial charge in [0.15, 0.2) is 6.61 Å². The molecule has 5 heteroatoms. The van der Waals surface area contributed by atoms with Crippen molar-refractivity contribution in [3.05, 3.63) is 59.7 Å². The number of ether oxygens (including phenoxy) is 1. The van der Waals surface area contributed by atoms with Crippen LogP contribution in [0.15, 0.2) is 48.5 Å². The van der Waals surface area contributed by atoms with Crippen molar-refractivity contribution in [2.75, 3.05) is 6.61 Å². The molecule has 3 rings (SSSR count). The summed E-state index contributed by atoms with van der Waals surface area (Å²) in [5.74, 6) is -0.852. The highest BCUT2D eigenvalue weighted by Crippen LogP contribution is 2.27. The maximum atomic E-state index is 12.5. The van der Waals surface area contributed by atoms with Crippen LogP contribution in [0.25, 0.3) is 11.1 Å². The molecule has 0 unspecified atom stereocenters. The topological polar surface area (TPSA) is 79.2 Å².